The summed E-state index contributed by atoms with van der Waals surface area (Å²) < 4.78 is 11.1. The fourth-order valence-electron chi connectivity index (χ4n) is 4.17. The predicted octanol–water partition coefficient (Wildman–Crippen LogP) is 6.57. The molecule has 1 aliphatic rings. The number of fused-ring (bicyclic) bond motifs is 3. The van der Waals surface area contributed by atoms with E-state index >= 15 is 0 Å². The maximum atomic E-state index is 13.1. The van der Waals surface area contributed by atoms with Crippen LogP contribution in [0.25, 0.3) is 11.1 Å². The summed E-state index contributed by atoms with van der Waals surface area (Å²) in [5.74, 6) is -0.0778. The van der Waals surface area contributed by atoms with Crippen LogP contribution in [0.4, 0.5) is 9.59 Å². The van der Waals surface area contributed by atoms with Crippen molar-refractivity contribution in [1.29, 1.82) is 0 Å². The van der Waals surface area contributed by atoms with Crippen LogP contribution in [-0.4, -0.2) is 35.9 Å². The maximum absolute atomic E-state index is 13.1. The molecule has 6 nitrogen and oxygen atoms in total. The van der Waals surface area contributed by atoms with Crippen LogP contribution in [0.15, 0.2) is 72.8 Å². The summed E-state index contributed by atoms with van der Waals surface area (Å²) in [4.78, 5) is 25.5. The van der Waals surface area contributed by atoms with Gasteiger partial charge in [-0.15, -0.1) is 0 Å². The van der Waals surface area contributed by atoms with Crippen LogP contribution in [-0.2, 0) is 15.9 Å². The predicted molar refractivity (Wildman–Crippen MR) is 136 cm³/mol. The molecule has 0 aromatic heterocycles. The third kappa shape index (κ3) is 6.14. The SMILES string of the molecule is CC(C)(C)OC(=O)NN(CCc1ccc(Cl)cc1)C(=O)OCC1c2ccccc2-c2ccccc21. The fraction of sp³-hybridized carbons (Fsp3) is 0.286. The zero-order valence-corrected chi connectivity index (χ0v) is 20.8. The van der Waals surface area contributed by atoms with Crippen molar-refractivity contribution >= 4 is 23.8 Å². The van der Waals surface area contributed by atoms with Gasteiger partial charge >= 0.3 is 12.2 Å². The van der Waals surface area contributed by atoms with Gasteiger partial charge in [0.2, 0.25) is 0 Å². The second kappa shape index (κ2) is 10.4. The number of nitrogens with one attached hydrogen (secondary N) is 1. The normalized spacial score (nSPS) is 12.5. The first kappa shape index (κ1) is 24.6. The summed E-state index contributed by atoms with van der Waals surface area (Å²) in [6.07, 6.45) is -0.870. The van der Waals surface area contributed by atoms with Gasteiger partial charge in [-0.3, -0.25) is 0 Å². The number of hydrogen-bond acceptors (Lipinski definition) is 4. The lowest BCUT2D eigenvalue weighted by Crippen LogP contribution is -2.49. The van der Waals surface area contributed by atoms with Crippen molar-refractivity contribution in [2.75, 3.05) is 13.2 Å². The van der Waals surface area contributed by atoms with E-state index in [-0.39, 0.29) is 19.1 Å². The Kier molecular flexibility index (Phi) is 7.31. The number of hydrogen-bond donors (Lipinski definition) is 1. The molecule has 0 saturated heterocycles. The van der Waals surface area contributed by atoms with Crippen LogP contribution in [0.5, 0.6) is 0 Å². The molecule has 0 fully saturated rings. The monoisotopic (exact) mass is 492 g/mol. The number of benzene rings is 3. The van der Waals surface area contributed by atoms with Crippen molar-refractivity contribution in [2.45, 2.75) is 38.7 Å². The molecule has 2 amide bonds. The minimum atomic E-state index is -0.720. The van der Waals surface area contributed by atoms with E-state index in [1.54, 1.807) is 32.9 Å². The van der Waals surface area contributed by atoms with Gasteiger partial charge in [-0.2, -0.15) is 0 Å². The summed E-state index contributed by atoms with van der Waals surface area (Å²) in [5, 5.41) is 1.80. The number of halogens is 1. The molecule has 182 valence electrons. The zero-order chi connectivity index (χ0) is 25.0. The largest absolute Gasteiger partial charge is 0.447 e. The van der Waals surface area contributed by atoms with Crippen molar-refractivity contribution in [1.82, 2.24) is 10.4 Å². The van der Waals surface area contributed by atoms with Crippen LogP contribution in [0.2, 0.25) is 5.02 Å². The van der Waals surface area contributed by atoms with Crippen LogP contribution >= 0.6 is 11.6 Å². The molecule has 0 bridgehead atoms. The number of ether oxygens (including phenoxy) is 2. The van der Waals surface area contributed by atoms with Gasteiger partial charge in [0.05, 0.1) is 6.54 Å². The van der Waals surface area contributed by atoms with Gasteiger partial charge in [-0.1, -0.05) is 72.3 Å². The lowest BCUT2D eigenvalue weighted by Gasteiger charge is -2.26. The van der Waals surface area contributed by atoms with Gasteiger partial charge in [-0.05, 0) is 67.1 Å². The molecule has 3 aromatic rings. The lowest BCUT2D eigenvalue weighted by atomic mass is 9.98. The first-order chi connectivity index (χ1) is 16.7. The molecular formula is C28H29ClN2O4. The molecule has 0 heterocycles. The zero-order valence-electron chi connectivity index (χ0n) is 20.1. The van der Waals surface area contributed by atoms with Crippen molar-refractivity contribution in [2.24, 2.45) is 0 Å². The second-order valence-electron chi connectivity index (χ2n) is 9.45. The first-order valence-electron chi connectivity index (χ1n) is 11.6. The van der Waals surface area contributed by atoms with Crippen molar-refractivity contribution in [3.8, 4) is 11.1 Å². The summed E-state index contributed by atoms with van der Waals surface area (Å²) >= 11 is 5.97. The van der Waals surface area contributed by atoms with E-state index in [1.165, 1.54) is 0 Å². The molecule has 0 aliphatic heterocycles. The molecule has 35 heavy (non-hydrogen) atoms. The average Bonchev–Trinajstić information content (AvgIpc) is 3.14. The molecular weight excluding hydrogens is 464 g/mol. The van der Waals surface area contributed by atoms with E-state index in [0.29, 0.717) is 11.4 Å². The van der Waals surface area contributed by atoms with E-state index in [0.717, 1.165) is 32.8 Å². The van der Waals surface area contributed by atoms with E-state index in [1.807, 2.05) is 36.4 Å². The van der Waals surface area contributed by atoms with E-state index < -0.39 is 17.8 Å². The van der Waals surface area contributed by atoms with Crippen molar-refractivity contribution < 1.29 is 19.1 Å². The third-order valence-corrected chi connectivity index (χ3v) is 5.97. The number of hydrazine groups is 1. The van der Waals surface area contributed by atoms with Crippen LogP contribution in [0, 0.1) is 0 Å². The summed E-state index contributed by atoms with van der Waals surface area (Å²) in [6, 6.07) is 23.6. The average molecular weight is 493 g/mol. The quantitative estimate of drug-likeness (QED) is 0.409. The molecule has 0 radical (unpaired) electrons. The molecule has 4 rings (SSSR count). The molecule has 0 atom stereocenters. The Morgan fingerprint density at radius 1 is 0.914 bits per heavy atom. The van der Waals surface area contributed by atoms with Crippen LogP contribution in [0.1, 0.15) is 43.4 Å². The third-order valence-electron chi connectivity index (χ3n) is 5.72. The van der Waals surface area contributed by atoms with Crippen molar-refractivity contribution in [3.63, 3.8) is 0 Å². The molecule has 1 N–H and O–H groups in total. The lowest BCUT2D eigenvalue weighted by molar-refractivity contribution is 0.0278. The Bertz CT molecular complexity index is 1160. The number of nitrogens with zero attached hydrogens (tertiary/aromatic N) is 1. The Hall–Kier alpha value is -3.51. The fourth-order valence-corrected chi connectivity index (χ4v) is 4.29. The van der Waals surface area contributed by atoms with Gasteiger partial charge < -0.3 is 9.47 Å². The number of amides is 2. The van der Waals surface area contributed by atoms with Gasteiger partial charge in [0.15, 0.2) is 0 Å². The number of carbonyl (C=O) groups excluding carboxylic acids is 2. The Morgan fingerprint density at radius 3 is 2.06 bits per heavy atom. The highest BCUT2D eigenvalue weighted by Gasteiger charge is 2.30. The maximum Gasteiger partial charge on any atom is 0.428 e. The standard InChI is InChI=1S/C28H29ClN2O4/c1-28(2,3)35-26(32)30-31(17-16-19-12-14-20(29)15-13-19)27(33)34-18-25-23-10-6-4-8-21(23)22-9-5-7-11-24(22)25/h4-15,25H,16-18H2,1-3H3,(H,30,32). The molecule has 7 heteroatoms. The summed E-state index contributed by atoms with van der Waals surface area (Å²) in [6.45, 7) is 5.64. The molecule has 0 unspecified atom stereocenters. The smallest absolute Gasteiger partial charge is 0.428 e. The van der Waals surface area contributed by atoms with E-state index in [4.69, 9.17) is 21.1 Å². The van der Waals surface area contributed by atoms with Crippen LogP contribution < -0.4 is 5.43 Å². The Balaban J connectivity index is 1.47. The minimum Gasteiger partial charge on any atom is -0.447 e. The molecule has 0 spiro atoms. The first-order valence-corrected chi connectivity index (χ1v) is 12.0. The molecule has 0 saturated carbocycles. The summed E-state index contributed by atoms with van der Waals surface area (Å²) in [5.41, 5.74) is 7.35. The minimum absolute atomic E-state index is 0.0778. The van der Waals surface area contributed by atoms with Crippen molar-refractivity contribution in [3.05, 3.63) is 94.5 Å². The Morgan fingerprint density at radius 2 is 1.49 bits per heavy atom. The Labute approximate surface area is 210 Å². The van der Waals surface area contributed by atoms with Gasteiger partial charge in [0.1, 0.15) is 12.2 Å². The van der Waals surface area contributed by atoms with Gasteiger partial charge in [0.25, 0.3) is 0 Å². The summed E-state index contributed by atoms with van der Waals surface area (Å²) in [7, 11) is 0. The van der Waals surface area contributed by atoms with Crippen LogP contribution in [0.3, 0.4) is 0 Å². The molecule has 1 aliphatic carbocycles. The molecule has 3 aromatic carbocycles. The number of rotatable bonds is 5. The highest BCUT2D eigenvalue weighted by atomic mass is 35.5. The van der Waals surface area contributed by atoms with Gasteiger partial charge in [0, 0.05) is 10.9 Å². The number of carbonyl (C=O) groups is 2. The highest BCUT2D eigenvalue weighted by molar-refractivity contribution is 6.30. The topological polar surface area (TPSA) is 67.9 Å². The highest BCUT2D eigenvalue weighted by Crippen LogP contribution is 2.44. The van der Waals surface area contributed by atoms with Gasteiger partial charge in [-0.25, -0.2) is 20.0 Å². The van der Waals surface area contributed by atoms with E-state index in [9.17, 15) is 9.59 Å². The second-order valence-corrected chi connectivity index (χ2v) is 9.88. The van der Waals surface area contributed by atoms with E-state index in [2.05, 4.69) is 29.7 Å².